The van der Waals surface area contributed by atoms with Crippen LogP contribution in [0.1, 0.15) is 5.69 Å². The van der Waals surface area contributed by atoms with E-state index < -0.39 is 0 Å². The number of aromatic nitrogens is 5. The number of fused-ring (bicyclic) bond motifs is 1. The zero-order valence-electron chi connectivity index (χ0n) is 9.57. The standard InChI is InChI=1S/C10H10N6OS/c1-11-9-7(12-14-18-9)6-16-10(17)15-5-3-2-4-8(15)13-16/h2-5,11H,6H2,1H3. The van der Waals surface area contributed by atoms with Crippen molar-refractivity contribution in [3.63, 3.8) is 0 Å². The number of hydrogen-bond acceptors (Lipinski definition) is 6. The first kappa shape index (κ1) is 10.9. The third kappa shape index (κ3) is 1.66. The summed E-state index contributed by atoms with van der Waals surface area (Å²) in [6.07, 6.45) is 1.69. The predicted molar refractivity (Wildman–Crippen MR) is 68.0 cm³/mol. The van der Waals surface area contributed by atoms with Crippen LogP contribution in [-0.4, -0.2) is 30.8 Å². The largest absolute Gasteiger partial charge is 0.377 e. The number of hydrogen-bond donors (Lipinski definition) is 1. The molecule has 18 heavy (non-hydrogen) atoms. The van der Waals surface area contributed by atoms with Crippen LogP contribution < -0.4 is 11.0 Å². The number of pyridine rings is 1. The van der Waals surface area contributed by atoms with Gasteiger partial charge in [-0.05, 0) is 12.1 Å². The fraction of sp³-hybridized carbons (Fsp3) is 0.200. The first-order chi connectivity index (χ1) is 8.79. The molecule has 3 aromatic rings. The van der Waals surface area contributed by atoms with Crippen LogP contribution in [0.15, 0.2) is 29.2 Å². The van der Waals surface area contributed by atoms with Crippen molar-refractivity contribution in [2.45, 2.75) is 6.54 Å². The van der Waals surface area contributed by atoms with Gasteiger partial charge in [-0.15, -0.1) is 10.2 Å². The smallest absolute Gasteiger partial charge is 0.350 e. The molecule has 0 atom stereocenters. The van der Waals surface area contributed by atoms with E-state index in [4.69, 9.17) is 0 Å². The molecule has 8 heteroatoms. The van der Waals surface area contributed by atoms with Crippen LogP contribution in [0.3, 0.4) is 0 Å². The molecule has 7 nitrogen and oxygen atoms in total. The van der Waals surface area contributed by atoms with E-state index in [0.29, 0.717) is 17.9 Å². The number of anilines is 1. The molecular formula is C10H10N6OS. The second-order valence-electron chi connectivity index (χ2n) is 3.67. The van der Waals surface area contributed by atoms with Crippen molar-refractivity contribution in [1.82, 2.24) is 23.8 Å². The van der Waals surface area contributed by atoms with Gasteiger partial charge in [-0.3, -0.25) is 4.40 Å². The lowest BCUT2D eigenvalue weighted by Crippen LogP contribution is -2.22. The molecule has 1 N–H and O–H groups in total. The van der Waals surface area contributed by atoms with E-state index in [1.165, 1.54) is 20.6 Å². The van der Waals surface area contributed by atoms with E-state index in [9.17, 15) is 4.79 Å². The van der Waals surface area contributed by atoms with Crippen LogP contribution in [0.5, 0.6) is 0 Å². The van der Waals surface area contributed by atoms with E-state index >= 15 is 0 Å². The summed E-state index contributed by atoms with van der Waals surface area (Å²) in [5, 5.41) is 12.1. The summed E-state index contributed by atoms with van der Waals surface area (Å²) in [6.45, 7) is 0.313. The lowest BCUT2D eigenvalue weighted by molar-refractivity contribution is 0.645. The van der Waals surface area contributed by atoms with E-state index in [-0.39, 0.29) is 5.69 Å². The van der Waals surface area contributed by atoms with Crippen molar-refractivity contribution in [3.05, 3.63) is 40.6 Å². The van der Waals surface area contributed by atoms with Crippen LogP contribution in [0.25, 0.3) is 5.65 Å². The van der Waals surface area contributed by atoms with Crippen LogP contribution in [0.2, 0.25) is 0 Å². The Labute approximate surface area is 106 Å². The highest BCUT2D eigenvalue weighted by Gasteiger charge is 2.11. The Balaban J connectivity index is 2.05. The zero-order valence-corrected chi connectivity index (χ0v) is 10.4. The summed E-state index contributed by atoms with van der Waals surface area (Å²) in [5.41, 5.74) is 1.16. The van der Waals surface area contributed by atoms with Gasteiger partial charge in [-0.1, -0.05) is 10.6 Å². The quantitative estimate of drug-likeness (QED) is 0.741. The van der Waals surface area contributed by atoms with Gasteiger partial charge in [0, 0.05) is 24.8 Å². The lowest BCUT2D eigenvalue weighted by atomic mass is 10.4. The van der Waals surface area contributed by atoms with Crippen molar-refractivity contribution in [2.24, 2.45) is 0 Å². The van der Waals surface area contributed by atoms with Crippen molar-refractivity contribution in [1.29, 1.82) is 0 Å². The van der Waals surface area contributed by atoms with Gasteiger partial charge in [0.15, 0.2) is 5.65 Å². The molecule has 0 aliphatic heterocycles. The number of rotatable bonds is 3. The number of nitrogens with zero attached hydrogens (tertiary/aromatic N) is 5. The van der Waals surface area contributed by atoms with Crippen molar-refractivity contribution >= 4 is 22.2 Å². The van der Waals surface area contributed by atoms with Gasteiger partial charge < -0.3 is 5.32 Å². The Morgan fingerprint density at radius 1 is 1.44 bits per heavy atom. The van der Waals surface area contributed by atoms with Crippen molar-refractivity contribution < 1.29 is 0 Å². The maximum atomic E-state index is 12.1. The fourth-order valence-electron chi connectivity index (χ4n) is 1.71. The molecule has 0 aromatic carbocycles. The third-order valence-corrected chi connectivity index (χ3v) is 3.36. The molecule has 3 heterocycles. The van der Waals surface area contributed by atoms with Gasteiger partial charge in [-0.2, -0.15) is 0 Å². The van der Waals surface area contributed by atoms with E-state index in [1.807, 2.05) is 6.07 Å². The van der Waals surface area contributed by atoms with E-state index in [2.05, 4.69) is 20.0 Å². The maximum Gasteiger partial charge on any atom is 0.350 e. The Hall–Kier alpha value is -2.22. The molecule has 0 saturated carbocycles. The molecule has 0 bridgehead atoms. The minimum Gasteiger partial charge on any atom is -0.377 e. The molecule has 0 unspecified atom stereocenters. The topological polar surface area (TPSA) is 77.1 Å². The third-order valence-electron chi connectivity index (χ3n) is 2.57. The van der Waals surface area contributed by atoms with Crippen molar-refractivity contribution in [3.8, 4) is 0 Å². The fourth-order valence-corrected chi connectivity index (χ4v) is 2.24. The molecular weight excluding hydrogens is 252 g/mol. The highest BCUT2D eigenvalue weighted by molar-refractivity contribution is 7.10. The Morgan fingerprint density at radius 3 is 3.11 bits per heavy atom. The first-order valence-electron chi connectivity index (χ1n) is 5.33. The average molecular weight is 262 g/mol. The summed E-state index contributed by atoms with van der Waals surface area (Å²) >= 11 is 1.26. The molecule has 92 valence electrons. The molecule has 0 fully saturated rings. The minimum atomic E-state index is -0.180. The Morgan fingerprint density at radius 2 is 2.33 bits per heavy atom. The molecule has 0 aliphatic rings. The number of nitrogens with one attached hydrogen (secondary N) is 1. The molecule has 0 aliphatic carbocycles. The van der Waals surface area contributed by atoms with Gasteiger partial charge in [-0.25, -0.2) is 9.48 Å². The first-order valence-corrected chi connectivity index (χ1v) is 6.10. The molecule has 0 spiro atoms. The minimum absolute atomic E-state index is 0.180. The summed E-state index contributed by atoms with van der Waals surface area (Å²) in [5.74, 6) is 0. The molecule has 0 radical (unpaired) electrons. The highest BCUT2D eigenvalue weighted by atomic mass is 32.1. The van der Waals surface area contributed by atoms with E-state index in [1.54, 1.807) is 25.4 Å². The normalized spacial score (nSPS) is 10.9. The molecule has 0 saturated heterocycles. The second-order valence-corrected chi connectivity index (χ2v) is 4.42. The second kappa shape index (κ2) is 4.22. The summed E-state index contributed by atoms with van der Waals surface area (Å²) in [4.78, 5) is 12.1. The Bertz CT molecular complexity index is 742. The molecule has 0 amide bonds. The summed E-state index contributed by atoms with van der Waals surface area (Å²) in [7, 11) is 1.80. The van der Waals surface area contributed by atoms with Crippen LogP contribution >= 0.6 is 11.5 Å². The van der Waals surface area contributed by atoms with Gasteiger partial charge in [0.1, 0.15) is 10.7 Å². The monoisotopic (exact) mass is 262 g/mol. The highest BCUT2D eigenvalue weighted by Crippen LogP contribution is 2.16. The van der Waals surface area contributed by atoms with Crippen LogP contribution in [0, 0.1) is 0 Å². The maximum absolute atomic E-state index is 12.1. The van der Waals surface area contributed by atoms with Gasteiger partial charge in [0.2, 0.25) is 0 Å². The SMILES string of the molecule is CNc1snnc1Cn1nc2ccccn2c1=O. The molecule has 3 rings (SSSR count). The zero-order chi connectivity index (χ0) is 12.5. The van der Waals surface area contributed by atoms with Crippen molar-refractivity contribution in [2.75, 3.05) is 12.4 Å². The average Bonchev–Trinajstić information content (AvgIpc) is 2.96. The summed E-state index contributed by atoms with van der Waals surface area (Å²) < 4.78 is 6.73. The van der Waals surface area contributed by atoms with Crippen LogP contribution in [-0.2, 0) is 6.54 Å². The lowest BCUT2D eigenvalue weighted by Gasteiger charge is -1.98. The summed E-state index contributed by atoms with van der Waals surface area (Å²) in [6, 6.07) is 5.43. The Kier molecular flexibility index (Phi) is 2.56. The van der Waals surface area contributed by atoms with Gasteiger partial charge in [0.25, 0.3) is 0 Å². The van der Waals surface area contributed by atoms with Crippen LogP contribution in [0.4, 0.5) is 5.00 Å². The predicted octanol–water partition coefficient (Wildman–Crippen LogP) is 0.437. The molecule has 3 aromatic heterocycles. The van der Waals surface area contributed by atoms with Gasteiger partial charge in [0.05, 0.1) is 6.54 Å². The van der Waals surface area contributed by atoms with Gasteiger partial charge >= 0.3 is 5.69 Å². The van der Waals surface area contributed by atoms with E-state index in [0.717, 1.165) is 5.00 Å².